The first-order chi connectivity index (χ1) is 10.2. The summed E-state index contributed by atoms with van der Waals surface area (Å²) in [6, 6.07) is 12.6. The number of carbonyl (C=O) groups excluding carboxylic acids is 2. The van der Waals surface area contributed by atoms with E-state index in [2.05, 4.69) is 9.72 Å². The first-order valence-electron chi connectivity index (χ1n) is 6.48. The summed E-state index contributed by atoms with van der Waals surface area (Å²) in [5.74, 6) is -1.17. The number of carbonyl (C=O) groups is 2. The number of esters is 2. The summed E-state index contributed by atoms with van der Waals surface area (Å²) in [7, 11) is 1.27. The van der Waals surface area contributed by atoms with E-state index >= 15 is 0 Å². The van der Waals surface area contributed by atoms with Crippen LogP contribution in [0.25, 0.3) is 11.1 Å². The van der Waals surface area contributed by atoms with Crippen molar-refractivity contribution < 1.29 is 19.1 Å². The van der Waals surface area contributed by atoms with Crippen molar-refractivity contribution in [1.82, 2.24) is 4.98 Å². The number of aromatic nitrogens is 1. The topological polar surface area (TPSA) is 65.5 Å². The van der Waals surface area contributed by atoms with Gasteiger partial charge in [-0.1, -0.05) is 30.3 Å². The normalized spacial score (nSPS) is 10.0. The van der Waals surface area contributed by atoms with Crippen LogP contribution in [0.1, 0.15) is 27.9 Å². The highest BCUT2D eigenvalue weighted by Crippen LogP contribution is 2.21. The maximum Gasteiger partial charge on any atom is 0.356 e. The number of rotatable bonds is 4. The number of hydrogen-bond donors (Lipinski definition) is 0. The van der Waals surface area contributed by atoms with Gasteiger partial charge in [0.1, 0.15) is 11.4 Å². The second-order valence-electron chi connectivity index (χ2n) is 4.20. The first kappa shape index (κ1) is 14.7. The van der Waals surface area contributed by atoms with Crippen molar-refractivity contribution in [1.29, 1.82) is 0 Å². The third-order valence-electron chi connectivity index (χ3n) is 2.81. The number of benzene rings is 1. The maximum absolute atomic E-state index is 11.9. The van der Waals surface area contributed by atoms with Crippen molar-refractivity contribution in [3.05, 3.63) is 53.9 Å². The summed E-state index contributed by atoms with van der Waals surface area (Å²) in [5, 5.41) is 0. The Hall–Kier alpha value is -2.69. The van der Waals surface area contributed by atoms with Gasteiger partial charge in [0.25, 0.3) is 0 Å². The smallest absolute Gasteiger partial charge is 0.356 e. The molecule has 108 valence electrons. The van der Waals surface area contributed by atoms with Gasteiger partial charge in [-0.3, -0.25) is 0 Å². The fourth-order valence-corrected chi connectivity index (χ4v) is 1.85. The Kier molecular flexibility index (Phi) is 4.66. The Morgan fingerprint density at radius 3 is 2.19 bits per heavy atom. The van der Waals surface area contributed by atoms with E-state index in [1.54, 1.807) is 19.1 Å². The van der Waals surface area contributed by atoms with Crippen LogP contribution < -0.4 is 0 Å². The molecule has 1 aromatic heterocycles. The third-order valence-corrected chi connectivity index (χ3v) is 2.81. The Morgan fingerprint density at radius 1 is 1.00 bits per heavy atom. The monoisotopic (exact) mass is 285 g/mol. The Morgan fingerprint density at radius 2 is 1.62 bits per heavy atom. The van der Waals surface area contributed by atoms with E-state index in [1.165, 1.54) is 7.11 Å². The highest BCUT2D eigenvalue weighted by Gasteiger charge is 2.16. The molecule has 2 aromatic rings. The summed E-state index contributed by atoms with van der Waals surface area (Å²) in [6.07, 6.45) is 0. The Labute approximate surface area is 122 Å². The minimum atomic E-state index is -0.599. The van der Waals surface area contributed by atoms with Crippen molar-refractivity contribution >= 4 is 11.9 Å². The molecule has 5 heteroatoms. The molecule has 0 N–H and O–H groups in total. The van der Waals surface area contributed by atoms with Crippen molar-refractivity contribution in [2.45, 2.75) is 6.92 Å². The average molecular weight is 285 g/mol. The van der Waals surface area contributed by atoms with Crippen molar-refractivity contribution in [3.63, 3.8) is 0 Å². The molecule has 0 aliphatic rings. The van der Waals surface area contributed by atoms with Crippen LogP contribution in [-0.4, -0.2) is 30.6 Å². The summed E-state index contributed by atoms with van der Waals surface area (Å²) < 4.78 is 9.60. The lowest BCUT2D eigenvalue weighted by Crippen LogP contribution is -2.12. The van der Waals surface area contributed by atoms with Gasteiger partial charge in [0.2, 0.25) is 0 Å². The molecule has 0 aliphatic heterocycles. The third kappa shape index (κ3) is 3.45. The number of methoxy groups -OCH3 is 1. The molecule has 0 aliphatic carbocycles. The summed E-state index contributed by atoms with van der Waals surface area (Å²) >= 11 is 0. The molecule has 0 radical (unpaired) electrons. The zero-order valence-electron chi connectivity index (χ0n) is 11.8. The maximum atomic E-state index is 11.9. The van der Waals surface area contributed by atoms with Crippen molar-refractivity contribution in [2.75, 3.05) is 13.7 Å². The number of hydrogen-bond acceptors (Lipinski definition) is 5. The van der Waals surface area contributed by atoms with Crippen LogP contribution in [0.5, 0.6) is 0 Å². The largest absolute Gasteiger partial charge is 0.464 e. The van der Waals surface area contributed by atoms with Crippen LogP contribution in [0, 0.1) is 0 Å². The van der Waals surface area contributed by atoms with E-state index in [0.29, 0.717) is 5.56 Å². The van der Waals surface area contributed by atoms with E-state index in [4.69, 9.17) is 4.74 Å². The van der Waals surface area contributed by atoms with Gasteiger partial charge in [0.05, 0.1) is 13.7 Å². The molecule has 0 saturated carbocycles. The zero-order valence-corrected chi connectivity index (χ0v) is 11.8. The lowest BCUT2D eigenvalue weighted by Gasteiger charge is -2.08. The molecular formula is C16H15NO4. The standard InChI is InChI=1S/C16H15NO4/c1-3-21-16(19)14-10-12(11-7-5-4-6-8-11)9-13(17-14)15(18)20-2/h4-10H,3H2,1-2H3. The van der Waals surface area contributed by atoms with E-state index in [1.807, 2.05) is 30.3 Å². The fraction of sp³-hybridized carbons (Fsp3) is 0.188. The van der Waals surface area contributed by atoms with E-state index < -0.39 is 11.9 Å². The van der Waals surface area contributed by atoms with Crippen LogP contribution in [0.4, 0.5) is 0 Å². The molecule has 1 aromatic carbocycles. The molecule has 21 heavy (non-hydrogen) atoms. The SMILES string of the molecule is CCOC(=O)c1cc(-c2ccccc2)cc(C(=O)OC)n1. The fourth-order valence-electron chi connectivity index (χ4n) is 1.85. The number of pyridine rings is 1. The second kappa shape index (κ2) is 6.65. The molecule has 5 nitrogen and oxygen atoms in total. The zero-order chi connectivity index (χ0) is 15.2. The summed E-state index contributed by atoms with van der Waals surface area (Å²) in [5.41, 5.74) is 1.73. The van der Waals surface area contributed by atoms with Crippen LogP contribution in [-0.2, 0) is 9.47 Å². The average Bonchev–Trinajstić information content (AvgIpc) is 2.54. The number of ether oxygens (including phenoxy) is 2. The van der Waals surface area contributed by atoms with Gasteiger partial charge in [0.15, 0.2) is 0 Å². The molecule has 0 fully saturated rings. The molecule has 0 saturated heterocycles. The Bertz CT molecular complexity index is 653. The van der Waals surface area contributed by atoms with Gasteiger partial charge < -0.3 is 9.47 Å². The summed E-state index contributed by atoms with van der Waals surface area (Å²) in [6.45, 7) is 1.95. The van der Waals surface area contributed by atoms with Gasteiger partial charge in [-0.05, 0) is 30.2 Å². The highest BCUT2D eigenvalue weighted by molar-refractivity contribution is 5.94. The van der Waals surface area contributed by atoms with E-state index in [-0.39, 0.29) is 18.0 Å². The van der Waals surface area contributed by atoms with Crippen LogP contribution in [0.3, 0.4) is 0 Å². The van der Waals surface area contributed by atoms with E-state index in [9.17, 15) is 9.59 Å². The molecule has 0 atom stereocenters. The first-order valence-corrected chi connectivity index (χ1v) is 6.48. The van der Waals surface area contributed by atoms with Gasteiger partial charge in [-0.2, -0.15) is 0 Å². The molecule has 0 amide bonds. The van der Waals surface area contributed by atoms with Gasteiger partial charge in [0, 0.05) is 0 Å². The summed E-state index contributed by atoms with van der Waals surface area (Å²) in [4.78, 5) is 27.5. The predicted molar refractivity (Wildman–Crippen MR) is 77.0 cm³/mol. The van der Waals surface area contributed by atoms with Crippen LogP contribution >= 0.6 is 0 Å². The van der Waals surface area contributed by atoms with Crippen molar-refractivity contribution in [3.8, 4) is 11.1 Å². The molecular weight excluding hydrogens is 270 g/mol. The minimum Gasteiger partial charge on any atom is -0.464 e. The quantitative estimate of drug-likeness (QED) is 0.808. The van der Waals surface area contributed by atoms with Crippen LogP contribution in [0.15, 0.2) is 42.5 Å². The van der Waals surface area contributed by atoms with Gasteiger partial charge in [-0.25, -0.2) is 14.6 Å². The van der Waals surface area contributed by atoms with Gasteiger partial charge in [-0.15, -0.1) is 0 Å². The minimum absolute atomic E-state index is 0.0712. The lowest BCUT2D eigenvalue weighted by atomic mass is 10.0. The van der Waals surface area contributed by atoms with E-state index in [0.717, 1.165) is 5.56 Å². The molecule has 0 bridgehead atoms. The molecule has 0 spiro atoms. The lowest BCUT2D eigenvalue weighted by molar-refractivity contribution is 0.0518. The second-order valence-corrected chi connectivity index (χ2v) is 4.20. The highest BCUT2D eigenvalue weighted by atomic mass is 16.5. The van der Waals surface area contributed by atoms with Crippen molar-refractivity contribution in [2.24, 2.45) is 0 Å². The molecule has 2 rings (SSSR count). The predicted octanol–water partition coefficient (Wildman–Crippen LogP) is 2.71. The molecule has 1 heterocycles. The van der Waals surface area contributed by atoms with Gasteiger partial charge >= 0.3 is 11.9 Å². The molecule has 0 unspecified atom stereocenters. The number of nitrogens with zero attached hydrogens (tertiary/aromatic N) is 1. The Balaban J connectivity index is 2.52. The van der Waals surface area contributed by atoms with Crippen LogP contribution in [0.2, 0.25) is 0 Å².